The first kappa shape index (κ1) is 14.7. The highest BCUT2D eigenvalue weighted by atomic mass is 16.4. The van der Waals surface area contributed by atoms with Crippen molar-refractivity contribution in [3.63, 3.8) is 0 Å². The van der Waals surface area contributed by atoms with Gasteiger partial charge >= 0.3 is 5.97 Å². The second kappa shape index (κ2) is 6.17. The fourth-order valence-electron chi connectivity index (χ4n) is 1.95. The lowest BCUT2D eigenvalue weighted by Crippen LogP contribution is -2.50. The molecule has 0 radical (unpaired) electrons. The zero-order valence-corrected chi connectivity index (χ0v) is 11.5. The Labute approximate surface area is 121 Å². The zero-order valence-electron chi connectivity index (χ0n) is 11.5. The van der Waals surface area contributed by atoms with Crippen LogP contribution in [0.3, 0.4) is 0 Å². The molecule has 1 aromatic rings. The van der Waals surface area contributed by atoms with Crippen LogP contribution in [0.1, 0.15) is 15.9 Å². The van der Waals surface area contributed by atoms with Crippen molar-refractivity contribution in [3.8, 4) is 0 Å². The van der Waals surface area contributed by atoms with Crippen LogP contribution in [0.15, 0.2) is 24.5 Å². The number of carbonyl (C=O) groups is 3. The van der Waals surface area contributed by atoms with Crippen molar-refractivity contribution in [1.82, 2.24) is 14.8 Å². The number of carboxylic acid groups (broad SMARTS) is 1. The van der Waals surface area contributed by atoms with Crippen LogP contribution in [-0.2, 0) is 9.59 Å². The number of aromatic nitrogens is 1. The van der Waals surface area contributed by atoms with Gasteiger partial charge in [0, 0.05) is 38.6 Å². The van der Waals surface area contributed by atoms with Gasteiger partial charge in [-0.2, -0.15) is 0 Å². The Kier molecular flexibility index (Phi) is 4.32. The van der Waals surface area contributed by atoms with Crippen LogP contribution in [0.4, 0.5) is 0 Å². The molecule has 7 nitrogen and oxygen atoms in total. The molecule has 0 spiro atoms. The summed E-state index contributed by atoms with van der Waals surface area (Å²) in [5.41, 5.74) is 0.851. The minimum Gasteiger partial charge on any atom is -0.478 e. The van der Waals surface area contributed by atoms with Gasteiger partial charge in [-0.1, -0.05) is 0 Å². The summed E-state index contributed by atoms with van der Waals surface area (Å²) in [7, 11) is 1.70. The van der Waals surface area contributed by atoms with E-state index in [9.17, 15) is 14.4 Å². The number of nitrogens with zero attached hydrogens (tertiary/aromatic N) is 3. The van der Waals surface area contributed by atoms with Crippen LogP contribution in [0.5, 0.6) is 0 Å². The van der Waals surface area contributed by atoms with Gasteiger partial charge in [-0.25, -0.2) is 4.79 Å². The predicted octanol–water partition coefficient (Wildman–Crippen LogP) is 0.0936. The number of likely N-dealkylation sites (N-methyl/N-ethyl adjacent to an activating group) is 1. The third-order valence-electron chi connectivity index (χ3n) is 3.17. The summed E-state index contributed by atoms with van der Waals surface area (Å²) in [5.74, 6) is -1.46. The van der Waals surface area contributed by atoms with E-state index in [1.807, 2.05) is 0 Å². The second-order valence-corrected chi connectivity index (χ2v) is 4.72. The van der Waals surface area contributed by atoms with E-state index in [-0.39, 0.29) is 18.4 Å². The maximum absolute atomic E-state index is 12.3. The Balaban J connectivity index is 2.14. The van der Waals surface area contributed by atoms with Gasteiger partial charge in [0.15, 0.2) is 0 Å². The van der Waals surface area contributed by atoms with E-state index in [1.165, 1.54) is 23.4 Å². The molecule has 2 heterocycles. The van der Waals surface area contributed by atoms with Gasteiger partial charge in [-0.15, -0.1) is 0 Å². The molecule has 1 saturated heterocycles. The molecule has 21 heavy (non-hydrogen) atoms. The van der Waals surface area contributed by atoms with Crippen LogP contribution in [-0.4, -0.2) is 64.4 Å². The molecule has 0 aromatic carbocycles. The molecule has 0 bridgehead atoms. The molecule has 1 aliphatic rings. The average Bonchev–Trinajstić information content (AvgIpc) is 2.47. The van der Waals surface area contributed by atoms with Crippen molar-refractivity contribution in [3.05, 3.63) is 35.7 Å². The Morgan fingerprint density at radius 2 is 2.10 bits per heavy atom. The lowest BCUT2D eigenvalue weighted by molar-refractivity contribution is -0.133. The number of hydrogen-bond acceptors (Lipinski definition) is 4. The molecule has 0 aliphatic carbocycles. The minimum absolute atomic E-state index is 0.0462. The maximum atomic E-state index is 12.3. The van der Waals surface area contributed by atoms with Gasteiger partial charge in [0.05, 0.1) is 5.56 Å². The monoisotopic (exact) mass is 289 g/mol. The highest BCUT2D eigenvalue weighted by molar-refractivity contribution is 5.97. The molecule has 0 atom stereocenters. The Morgan fingerprint density at radius 3 is 2.76 bits per heavy atom. The summed E-state index contributed by atoms with van der Waals surface area (Å²) in [6.07, 6.45) is 5.21. The lowest BCUT2D eigenvalue weighted by Gasteiger charge is -2.31. The summed E-state index contributed by atoms with van der Waals surface area (Å²) in [4.78, 5) is 41.4. The standard InChI is InChI=1S/C14H15N3O4/c1-16-4-5-17(9-12(16)18)14(21)11-6-10(7-15-8-11)2-3-13(19)20/h2-3,6-8H,4-5,9H2,1H3,(H,19,20). The van der Waals surface area contributed by atoms with Gasteiger partial charge in [-0.05, 0) is 17.7 Å². The molecule has 1 aliphatic heterocycles. The Hall–Kier alpha value is -2.70. The zero-order chi connectivity index (χ0) is 15.4. The van der Waals surface area contributed by atoms with E-state index < -0.39 is 5.97 Å². The fourth-order valence-corrected chi connectivity index (χ4v) is 1.95. The molecule has 0 saturated carbocycles. The van der Waals surface area contributed by atoms with Gasteiger partial charge < -0.3 is 14.9 Å². The Morgan fingerprint density at radius 1 is 1.33 bits per heavy atom. The van der Waals surface area contributed by atoms with Crippen LogP contribution >= 0.6 is 0 Å². The number of carbonyl (C=O) groups excluding carboxylic acids is 2. The first-order valence-electron chi connectivity index (χ1n) is 6.36. The van der Waals surface area contributed by atoms with Gasteiger partial charge in [0.1, 0.15) is 6.54 Å². The van der Waals surface area contributed by atoms with Gasteiger partial charge in [0.2, 0.25) is 5.91 Å². The summed E-state index contributed by atoms with van der Waals surface area (Å²) in [6, 6.07) is 1.55. The number of rotatable bonds is 3. The Bertz CT molecular complexity index is 612. The molecule has 110 valence electrons. The number of carboxylic acids is 1. The summed E-state index contributed by atoms with van der Waals surface area (Å²) in [6.45, 7) is 1.01. The van der Waals surface area contributed by atoms with E-state index >= 15 is 0 Å². The number of piperazine rings is 1. The smallest absolute Gasteiger partial charge is 0.328 e. The third-order valence-corrected chi connectivity index (χ3v) is 3.17. The van der Waals surface area contributed by atoms with Crippen LogP contribution in [0.25, 0.3) is 6.08 Å². The van der Waals surface area contributed by atoms with Crippen LogP contribution in [0, 0.1) is 0 Å². The van der Waals surface area contributed by atoms with E-state index in [4.69, 9.17) is 5.11 Å². The average molecular weight is 289 g/mol. The van der Waals surface area contributed by atoms with Crippen LogP contribution < -0.4 is 0 Å². The fraction of sp³-hybridized carbons (Fsp3) is 0.286. The first-order chi connectivity index (χ1) is 9.97. The lowest BCUT2D eigenvalue weighted by atomic mass is 10.1. The van der Waals surface area contributed by atoms with Crippen molar-refractivity contribution in [2.24, 2.45) is 0 Å². The topological polar surface area (TPSA) is 90.8 Å². The quantitative estimate of drug-likeness (QED) is 0.797. The SMILES string of the molecule is CN1CCN(C(=O)c2cncc(C=CC(=O)O)c2)CC1=O. The van der Waals surface area contributed by atoms with Crippen molar-refractivity contribution in [2.45, 2.75) is 0 Å². The molecular weight excluding hydrogens is 274 g/mol. The summed E-state index contributed by atoms with van der Waals surface area (Å²) >= 11 is 0. The molecule has 1 fully saturated rings. The molecule has 2 rings (SSSR count). The van der Waals surface area contributed by atoms with Crippen molar-refractivity contribution < 1.29 is 19.5 Å². The molecular formula is C14H15N3O4. The highest BCUT2D eigenvalue weighted by Gasteiger charge is 2.25. The summed E-state index contributed by atoms with van der Waals surface area (Å²) < 4.78 is 0. The highest BCUT2D eigenvalue weighted by Crippen LogP contribution is 2.10. The normalized spacial score (nSPS) is 15.6. The van der Waals surface area contributed by atoms with Crippen molar-refractivity contribution in [1.29, 1.82) is 0 Å². The van der Waals surface area contributed by atoms with Crippen molar-refractivity contribution in [2.75, 3.05) is 26.7 Å². The number of pyridine rings is 1. The molecule has 2 amide bonds. The van der Waals surface area contributed by atoms with Crippen LogP contribution in [0.2, 0.25) is 0 Å². The molecule has 1 N–H and O–H groups in total. The summed E-state index contributed by atoms with van der Waals surface area (Å²) in [5, 5.41) is 8.59. The van der Waals surface area contributed by atoms with E-state index in [0.29, 0.717) is 24.2 Å². The van der Waals surface area contributed by atoms with Gasteiger partial charge in [0.25, 0.3) is 5.91 Å². The van der Waals surface area contributed by atoms with Gasteiger partial charge in [-0.3, -0.25) is 14.6 Å². The molecule has 7 heteroatoms. The molecule has 0 unspecified atom stereocenters. The van der Waals surface area contributed by atoms with E-state index in [1.54, 1.807) is 18.0 Å². The number of hydrogen-bond donors (Lipinski definition) is 1. The number of aliphatic carboxylic acids is 1. The van der Waals surface area contributed by atoms with Crippen molar-refractivity contribution >= 4 is 23.9 Å². The minimum atomic E-state index is -1.07. The van der Waals surface area contributed by atoms with E-state index in [0.717, 1.165) is 6.08 Å². The predicted molar refractivity (Wildman–Crippen MR) is 74.4 cm³/mol. The largest absolute Gasteiger partial charge is 0.478 e. The van der Waals surface area contributed by atoms with E-state index in [2.05, 4.69) is 4.98 Å². The number of amides is 2. The first-order valence-corrected chi connectivity index (χ1v) is 6.36. The third kappa shape index (κ3) is 3.65. The maximum Gasteiger partial charge on any atom is 0.328 e. The second-order valence-electron chi connectivity index (χ2n) is 4.72. The molecule has 1 aromatic heterocycles.